The number of nitrogens with zero attached hydrogens (tertiary/aromatic N) is 1. The van der Waals surface area contributed by atoms with Crippen LogP contribution in [0.2, 0.25) is 0 Å². The molecule has 3 aliphatic rings. The summed E-state index contributed by atoms with van der Waals surface area (Å²) in [5.74, 6) is 1.07. The normalized spacial score (nSPS) is 39.6. The molecular weight excluding hydrogens is 242 g/mol. The molecule has 3 fully saturated rings. The van der Waals surface area contributed by atoms with Gasteiger partial charge in [-0.25, -0.2) is 0 Å². The average molecular weight is 265 g/mol. The average Bonchev–Trinajstić information content (AvgIpc) is 3.17. The monoisotopic (exact) mass is 265 g/mol. The van der Waals surface area contributed by atoms with Crippen molar-refractivity contribution in [1.82, 2.24) is 10.2 Å². The summed E-state index contributed by atoms with van der Waals surface area (Å²) in [5.41, 5.74) is -0.548. The summed E-state index contributed by atoms with van der Waals surface area (Å²) in [7, 11) is 1.68. The number of hydrogen-bond acceptors (Lipinski definition) is 3. The van der Waals surface area contributed by atoms with Crippen LogP contribution in [0.25, 0.3) is 0 Å². The lowest BCUT2D eigenvalue weighted by Crippen LogP contribution is -2.51. The molecule has 1 saturated heterocycles. The zero-order valence-electron chi connectivity index (χ0n) is 11.5. The molecule has 1 amide bonds. The van der Waals surface area contributed by atoms with E-state index in [1.54, 1.807) is 7.05 Å². The SMILES string of the molecule is CN1C(=N)N[C@](C[C@H]2CCC[C@H](O)C2)(C2CC2)C1=O. The van der Waals surface area contributed by atoms with E-state index in [-0.39, 0.29) is 18.0 Å². The summed E-state index contributed by atoms with van der Waals surface area (Å²) in [6, 6.07) is 0. The zero-order chi connectivity index (χ0) is 13.6. The molecule has 3 rings (SSSR count). The van der Waals surface area contributed by atoms with Gasteiger partial charge in [-0.15, -0.1) is 0 Å². The number of amides is 1. The largest absolute Gasteiger partial charge is 0.393 e. The van der Waals surface area contributed by atoms with E-state index in [1.807, 2.05) is 0 Å². The van der Waals surface area contributed by atoms with Crippen LogP contribution in [0.1, 0.15) is 44.9 Å². The third-order valence-corrected chi connectivity index (χ3v) is 5.00. The number of carbonyl (C=O) groups is 1. The maximum atomic E-state index is 12.5. The van der Waals surface area contributed by atoms with Gasteiger partial charge in [0.1, 0.15) is 5.54 Å². The Kier molecular flexibility index (Phi) is 3.04. The Hall–Kier alpha value is -1.10. The molecule has 1 aliphatic heterocycles. The highest BCUT2D eigenvalue weighted by Gasteiger charge is 2.57. The molecule has 106 valence electrons. The molecule has 0 spiro atoms. The predicted octanol–water partition coefficient (Wildman–Crippen LogP) is 1.07. The van der Waals surface area contributed by atoms with Gasteiger partial charge >= 0.3 is 0 Å². The van der Waals surface area contributed by atoms with Gasteiger partial charge in [-0.05, 0) is 43.9 Å². The van der Waals surface area contributed by atoms with E-state index in [1.165, 1.54) is 4.90 Å². The topological polar surface area (TPSA) is 76.4 Å². The van der Waals surface area contributed by atoms with Crippen molar-refractivity contribution in [2.24, 2.45) is 11.8 Å². The molecule has 0 aromatic heterocycles. The summed E-state index contributed by atoms with van der Waals surface area (Å²) in [6.07, 6.45) is 6.57. The molecule has 5 nitrogen and oxygen atoms in total. The van der Waals surface area contributed by atoms with E-state index in [9.17, 15) is 9.90 Å². The Morgan fingerprint density at radius 3 is 2.68 bits per heavy atom. The van der Waals surface area contributed by atoms with E-state index >= 15 is 0 Å². The number of carbonyl (C=O) groups excluding carboxylic acids is 1. The van der Waals surface area contributed by atoms with E-state index in [0.717, 1.165) is 44.9 Å². The van der Waals surface area contributed by atoms with Crippen LogP contribution in [0, 0.1) is 17.2 Å². The molecular formula is C14H23N3O2. The maximum Gasteiger partial charge on any atom is 0.255 e. The summed E-state index contributed by atoms with van der Waals surface area (Å²) in [6.45, 7) is 0. The van der Waals surface area contributed by atoms with Crippen LogP contribution in [-0.2, 0) is 4.79 Å². The van der Waals surface area contributed by atoms with Gasteiger partial charge in [0.25, 0.3) is 5.91 Å². The Labute approximate surface area is 113 Å². The van der Waals surface area contributed by atoms with Crippen LogP contribution in [0.5, 0.6) is 0 Å². The highest BCUT2D eigenvalue weighted by Crippen LogP contribution is 2.47. The maximum absolute atomic E-state index is 12.5. The molecule has 2 saturated carbocycles. The standard InChI is InChI=1S/C14H23N3O2/c1-17-12(19)14(10-5-6-10,16-13(17)15)8-9-3-2-4-11(18)7-9/h9-11,18H,2-8H2,1H3,(H2,15,16)/t9-,11-,14+/m0/s1. The van der Waals surface area contributed by atoms with Gasteiger partial charge in [0, 0.05) is 7.05 Å². The Morgan fingerprint density at radius 1 is 1.42 bits per heavy atom. The quantitative estimate of drug-likeness (QED) is 0.714. The summed E-state index contributed by atoms with van der Waals surface area (Å²) in [5, 5.41) is 20.8. The molecule has 0 radical (unpaired) electrons. The number of hydrogen-bond donors (Lipinski definition) is 3. The van der Waals surface area contributed by atoms with Crippen molar-refractivity contribution in [2.45, 2.75) is 56.6 Å². The first-order valence-corrected chi connectivity index (χ1v) is 7.36. The number of aliphatic hydroxyl groups is 1. The van der Waals surface area contributed by atoms with Crippen LogP contribution in [0.3, 0.4) is 0 Å². The highest BCUT2D eigenvalue weighted by molar-refractivity contribution is 6.08. The number of aliphatic hydroxyl groups excluding tert-OH is 1. The van der Waals surface area contributed by atoms with E-state index in [4.69, 9.17) is 5.41 Å². The lowest BCUT2D eigenvalue weighted by atomic mass is 9.76. The van der Waals surface area contributed by atoms with Crippen molar-refractivity contribution in [3.8, 4) is 0 Å². The second kappa shape index (κ2) is 4.47. The molecule has 3 atom stereocenters. The summed E-state index contributed by atoms with van der Waals surface area (Å²) in [4.78, 5) is 14.0. The molecule has 1 heterocycles. The fourth-order valence-electron chi connectivity index (χ4n) is 3.81. The van der Waals surface area contributed by atoms with E-state index in [2.05, 4.69) is 5.32 Å². The molecule has 2 aliphatic carbocycles. The van der Waals surface area contributed by atoms with Crippen LogP contribution < -0.4 is 5.32 Å². The van der Waals surface area contributed by atoms with E-state index in [0.29, 0.717) is 11.8 Å². The Bertz CT molecular complexity index is 407. The van der Waals surface area contributed by atoms with Gasteiger partial charge in [0.05, 0.1) is 6.10 Å². The van der Waals surface area contributed by atoms with Crippen molar-refractivity contribution >= 4 is 11.9 Å². The fraction of sp³-hybridized carbons (Fsp3) is 0.857. The fourth-order valence-corrected chi connectivity index (χ4v) is 3.81. The number of likely N-dealkylation sites (N-methyl/N-ethyl adjacent to an activating group) is 1. The second-order valence-electron chi connectivity index (χ2n) is 6.47. The molecule has 0 aromatic carbocycles. The van der Waals surface area contributed by atoms with Gasteiger partial charge in [-0.3, -0.25) is 15.1 Å². The van der Waals surface area contributed by atoms with Crippen molar-refractivity contribution in [2.75, 3.05) is 7.05 Å². The molecule has 0 unspecified atom stereocenters. The third kappa shape index (κ3) is 2.14. The smallest absolute Gasteiger partial charge is 0.255 e. The van der Waals surface area contributed by atoms with Crippen molar-refractivity contribution in [1.29, 1.82) is 5.41 Å². The minimum absolute atomic E-state index is 0.0556. The first-order valence-electron chi connectivity index (χ1n) is 7.36. The molecule has 3 N–H and O–H groups in total. The zero-order valence-corrected chi connectivity index (χ0v) is 11.5. The highest BCUT2D eigenvalue weighted by atomic mass is 16.3. The van der Waals surface area contributed by atoms with Gasteiger partial charge in [-0.1, -0.05) is 12.8 Å². The molecule has 0 aromatic rings. The first kappa shape index (κ1) is 12.9. The molecule has 5 heteroatoms. The Balaban J connectivity index is 1.78. The molecule has 19 heavy (non-hydrogen) atoms. The van der Waals surface area contributed by atoms with Gasteiger partial charge in [-0.2, -0.15) is 0 Å². The second-order valence-corrected chi connectivity index (χ2v) is 6.47. The summed E-state index contributed by atoms with van der Waals surface area (Å²) < 4.78 is 0. The van der Waals surface area contributed by atoms with Crippen LogP contribution >= 0.6 is 0 Å². The Morgan fingerprint density at radius 2 is 2.16 bits per heavy atom. The minimum Gasteiger partial charge on any atom is -0.393 e. The lowest BCUT2D eigenvalue weighted by Gasteiger charge is -2.34. The van der Waals surface area contributed by atoms with Gasteiger partial charge < -0.3 is 10.4 Å². The van der Waals surface area contributed by atoms with Crippen molar-refractivity contribution < 1.29 is 9.90 Å². The molecule has 0 bridgehead atoms. The number of rotatable bonds is 3. The lowest BCUT2D eigenvalue weighted by molar-refractivity contribution is -0.132. The summed E-state index contributed by atoms with van der Waals surface area (Å²) >= 11 is 0. The minimum atomic E-state index is -0.548. The van der Waals surface area contributed by atoms with Crippen LogP contribution in [0.4, 0.5) is 0 Å². The van der Waals surface area contributed by atoms with Crippen molar-refractivity contribution in [3.63, 3.8) is 0 Å². The third-order valence-electron chi connectivity index (χ3n) is 5.00. The van der Waals surface area contributed by atoms with Crippen LogP contribution in [-0.4, -0.2) is 40.6 Å². The van der Waals surface area contributed by atoms with Gasteiger partial charge in [0.2, 0.25) is 0 Å². The first-order chi connectivity index (χ1) is 9.03. The van der Waals surface area contributed by atoms with E-state index < -0.39 is 5.54 Å². The number of guanidine groups is 1. The van der Waals surface area contributed by atoms with Crippen molar-refractivity contribution in [3.05, 3.63) is 0 Å². The predicted molar refractivity (Wildman–Crippen MR) is 71.7 cm³/mol. The van der Waals surface area contributed by atoms with Crippen LogP contribution in [0.15, 0.2) is 0 Å². The number of nitrogens with one attached hydrogen (secondary N) is 2. The van der Waals surface area contributed by atoms with Gasteiger partial charge in [0.15, 0.2) is 5.96 Å².